The number of urea groups is 1. The highest BCUT2D eigenvalue weighted by Gasteiger charge is 2.30. The minimum Gasteiger partial charge on any atom is -0.480 e. The summed E-state index contributed by atoms with van der Waals surface area (Å²) in [5, 5.41) is 8.92. The highest BCUT2D eigenvalue weighted by atomic mass is 16.5. The molecule has 1 aliphatic heterocycles. The maximum absolute atomic E-state index is 12.4. The lowest BCUT2D eigenvalue weighted by Crippen LogP contribution is -2.49. The summed E-state index contributed by atoms with van der Waals surface area (Å²) < 4.78 is 4.71. The Morgan fingerprint density at radius 2 is 1.86 bits per heavy atom. The summed E-state index contributed by atoms with van der Waals surface area (Å²) in [4.78, 5) is 37.7. The Morgan fingerprint density at radius 1 is 1.29 bits per heavy atom. The van der Waals surface area contributed by atoms with Crippen molar-refractivity contribution in [2.75, 3.05) is 33.3 Å². The summed E-state index contributed by atoms with van der Waals surface area (Å²) in [5.74, 6) is -1.24. The maximum atomic E-state index is 12.4. The van der Waals surface area contributed by atoms with E-state index >= 15 is 0 Å². The number of ether oxygens (including phenoxy) is 1. The number of aliphatic carboxylic acids is 1. The van der Waals surface area contributed by atoms with Crippen LogP contribution in [-0.2, 0) is 14.3 Å². The number of methoxy groups -OCH3 is 1. The lowest BCUT2D eigenvalue weighted by Gasteiger charge is -2.35. The number of carboxylic acid groups (broad SMARTS) is 1. The van der Waals surface area contributed by atoms with Crippen LogP contribution in [0.5, 0.6) is 0 Å². The molecule has 0 aromatic rings. The molecule has 1 fully saturated rings. The van der Waals surface area contributed by atoms with Gasteiger partial charge in [0.15, 0.2) is 0 Å². The van der Waals surface area contributed by atoms with Crippen LogP contribution in [0.25, 0.3) is 0 Å². The molecule has 2 amide bonds. The molecule has 0 aromatic heterocycles. The van der Waals surface area contributed by atoms with Gasteiger partial charge in [-0.05, 0) is 18.8 Å². The molecule has 120 valence electrons. The van der Waals surface area contributed by atoms with E-state index in [2.05, 4.69) is 0 Å². The molecule has 0 aliphatic carbocycles. The second kappa shape index (κ2) is 7.85. The predicted octanol–water partition coefficient (Wildman–Crippen LogP) is 1.03. The summed E-state index contributed by atoms with van der Waals surface area (Å²) in [6, 6.07) is -0.269. The molecule has 21 heavy (non-hydrogen) atoms. The average Bonchev–Trinajstić information content (AvgIpc) is 2.44. The van der Waals surface area contributed by atoms with Gasteiger partial charge < -0.3 is 19.6 Å². The molecule has 7 nitrogen and oxygen atoms in total. The van der Waals surface area contributed by atoms with Crippen molar-refractivity contribution in [3.05, 3.63) is 0 Å². The van der Waals surface area contributed by atoms with Crippen LogP contribution in [0.4, 0.5) is 4.79 Å². The molecule has 0 atom stereocenters. The van der Waals surface area contributed by atoms with Gasteiger partial charge >= 0.3 is 18.0 Å². The summed E-state index contributed by atoms with van der Waals surface area (Å²) in [6.45, 7) is 4.88. The monoisotopic (exact) mass is 300 g/mol. The predicted molar refractivity (Wildman–Crippen MR) is 75.8 cm³/mol. The number of carbonyl (C=O) groups is 3. The van der Waals surface area contributed by atoms with E-state index < -0.39 is 5.97 Å². The number of hydrogen-bond acceptors (Lipinski definition) is 4. The van der Waals surface area contributed by atoms with Crippen LogP contribution in [-0.4, -0.2) is 66.2 Å². The number of likely N-dealkylation sites (tertiary alicyclic amines) is 1. The van der Waals surface area contributed by atoms with Gasteiger partial charge in [-0.2, -0.15) is 0 Å². The Bertz CT molecular complexity index is 389. The Balaban J connectivity index is 2.60. The van der Waals surface area contributed by atoms with Gasteiger partial charge in [0.25, 0.3) is 0 Å². The fourth-order valence-electron chi connectivity index (χ4n) is 2.49. The van der Waals surface area contributed by atoms with E-state index in [9.17, 15) is 14.4 Å². The quantitative estimate of drug-likeness (QED) is 0.766. The second-order valence-corrected chi connectivity index (χ2v) is 5.74. The van der Waals surface area contributed by atoms with Crippen LogP contribution >= 0.6 is 0 Å². The zero-order valence-corrected chi connectivity index (χ0v) is 12.9. The zero-order chi connectivity index (χ0) is 16.0. The largest absolute Gasteiger partial charge is 0.480 e. The van der Waals surface area contributed by atoms with Gasteiger partial charge in [-0.25, -0.2) is 4.79 Å². The Hall–Kier alpha value is -1.79. The molecule has 1 rings (SSSR count). The topological polar surface area (TPSA) is 87.2 Å². The van der Waals surface area contributed by atoms with Crippen molar-refractivity contribution in [2.24, 2.45) is 11.8 Å². The average molecular weight is 300 g/mol. The summed E-state index contributed by atoms with van der Waals surface area (Å²) in [7, 11) is 1.36. The van der Waals surface area contributed by atoms with Gasteiger partial charge in [-0.15, -0.1) is 0 Å². The first kappa shape index (κ1) is 17.3. The van der Waals surface area contributed by atoms with Crippen molar-refractivity contribution < 1.29 is 24.2 Å². The van der Waals surface area contributed by atoms with Crippen LogP contribution in [0.3, 0.4) is 0 Å². The fourth-order valence-corrected chi connectivity index (χ4v) is 2.49. The molecule has 0 bridgehead atoms. The third-order valence-corrected chi connectivity index (χ3v) is 3.48. The first-order chi connectivity index (χ1) is 9.85. The number of esters is 1. The van der Waals surface area contributed by atoms with E-state index in [0.717, 1.165) is 0 Å². The third kappa shape index (κ3) is 5.24. The summed E-state index contributed by atoms with van der Waals surface area (Å²) >= 11 is 0. The zero-order valence-electron chi connectivity index (χ0n) is 12.9. The van der Waals surface area contributed by atoms with Crippen LogP contribution in [0.2, 0.25) is 0 Å². The van der Waals surface area contributed by atoms with Crippen molar-refractivity contribution in [3.63, 3.8) is 0 Å². The van der Waals surface area contributed by atoms with Crippen LogP contribution in [0, 0.1) is 11.8 Å². The molecule has 0 aromatic carbocycles. The molecule has 1 aliphatic rings. The number of carboxylic acids is 1. The molecule has 1 heterocycles. The van der Waals surface area contributed by atoms with Gasteiger partial charge in [0.2, 0.25) is 0 Å². The molecule has 0 saturated carbocycles. The number of nitrogens with zero attached hydrogens (tertiary/aromatic N) is 2. The molecular weight excluding hydrogens is 276 g/mol. The molecule has 7 heteroatoms. The normalized spacial score (nSPS) is 15.9. The molecule has 0 radical (unpaired) electrons. The highest BCUT2D eigenvalue weighted by Crippen LogP contribution is 2.19. The van der Waals surface area contributed by atoms with Gasteiger partial charge in [0, 0.05) is 19.6 Å². The molecule has 0 unspecified atom stereocenters. The van der Waals surface area contributed by atoms with Crippen molar-refractivity contribution in [1.29, 1.82) is 0 Å². The number of rotatable bonds is 5. The van der Waals surface area contributed by atoms with Crippen LogP contribution in [0.1, 0.15) is 26.7 Å². The maximum Gasteiger partial charge on any atom is 0.323 e. The fraction of sp³-hybridized carbons (Fsp3) is 0.786. The minimum absolute atomic E-state index is 0.169. The SMILES string of the molecule is COC(=O)C1CCN(C(=O)N(CC(=O)O)CC(C)C)CC1. The van der Waals surface area contributed by atoms with Gasteiger partial charge in [0.1, 0.15) is 6.54 Å². The molecule has 1 saturated heterocycles. The number of amides is 2. The third-order valence-electron chi connectivity index (χ3n) is 3.48. The van der Waals surface area contributed by atoms with Crippen molar-refractivity contribution in [3.8, 4) is 0 Å². The number of piperidine rings is 1. The first-order valence-electron chi connectivity index (χ1n) is 7.18. The Kier molecular flexibility index (Phi) is 6.45. The summed E-state index contributed by atoms with van der Waals surface area (Å²) in [5.41, 5.74) is 0. The Morgan fingerprint density at radius 3 is 2.29 bits per heavy atom. The van der Waals surface area contributed by atoms with E-state index in [-0.39, 0.29) is 30.4 Å². The lowest BCUT2D eigenvalue weighted by molar-refractivity contribution is -0.146. The van der Waals surface area contributed by atoms with Crippen LogP contribution < -0.4 is 0 Å². The van der Waals surface area contributed by atoms with E-state index in [1.54, 1.807) is 4.90 Å². The number of carbonyl (C=O) groups excluding carboxylic acids is 2. The van der Waals surface area contributed by atoms with E-state index in [0.29, 0.717) is 32.5 Å². The standard InChI is InChI=1S/C14H24N2O5/c1-10(2)8-16(9-12(17)18)14(20)15-6-4-11(5-7-15)13(19)21-3/h10-11H,4-9H2,1-3H3,(H,17,18). The minimum atomic E-state index is -1.02. The van der Waals surface area contributed by atoms with Crippen molar-refractivity contribution >= 4 is 18.0 Å². The van der Waals surface area contributed by atoms with Gasteiger partial charge in [-0.3, -0.25) is 9.59 Å². The first-order valence-corrected chi connectivity index (χ1v) is 7.18. The Labute approximate surface area is 124 Å². The van der Waals surface area contributed by atoms with Crippen molar-refractivity contribution in [1.82, 2.24) is 9.80 Å². The van der Waals surface area contributed by atoms with Gasteiger partial charge in [-0.1, -0.05) is 13.8 Å². The molecular formula is C14H24N2O5. The van der Waals surface area contributed by atoms with Gasteiger partial charge in [0.05, 0.1) is 13.0 Å². The van der Waals surface area contributed by atoms with Crippen LogP contribution in [0.15, 0.2) is 0 Å². The van der Waals surface area contributed by atoms with E-state index in [1.807, 2.05) is 13.8 Å². The second-order valence-electron chi connectivity index (χ2n) is 5.74. The molecule has 1 N–H and O–H groups in total. The summed E-state index contributed by atoms with van der Waals surface area (Å²) in [6.07, 6.45) is 1.11. The smallest absolute Gasteiger partial charge is 0.323 e. The lowest BCUT2D eigenvalue weighted by atomic mass is 9.97. The van der Waals surface area contributed by atoms with E-state index in [1.165, 1.54) is 12.0 Å². The highest BCUT2D eigenvalue weighted by molar-refractivity contribution is 5.80. The van der Waals surface area contributed by atoms with Crippen molar-refractivity contribution in [2.45, 2.75) is 26.7 Å². The van der Waals surface area contributed by atoms with E-state index in [4.69, 9.17) is 9.84 Å². The molecule has 0 spiro atoms. The number of hydrogen-bond donors (Lipinski definition) is 1.